The Labute approximate surface area is 236 Å². The van der Waals surface area contributed by atoms with Gasteiger partial charge in [-0.1, -0.05) is 12.1 Å². The van der Waals surface area contributed by atoms with Crippen molar-refractivity contribution in [3.63, 3.8) is 0 Å². The van der Waals surface area contributed by atoms with Gasteiger partial charge in [0.05, 0.1) is 0 Å². The van der Waals surface area contributed by atoms with Crippen molar-refractivity contribution < 1.29 is 14.6 Å². The monoisotopic (exact) mass is 548 g/mol. The molecule has 40 heavy (non-hydrogen) atoms. The van der Waals surface area contributed by atoms with Crippen LogP contribution in [0.25, 0.3) is 0 Å². The molecule has 0 saturated heterocycles. The number of rotatable bonds is 16. The number of pyridine rings is 2. The van der Waals surface area contributed by atoms with Crippen molar-refractivity contribution in [1.82, 2.24) is 24.8 Å². The zero-order valence-electron chi connectivity index (χ0n) is 23.4. The maximum absolute atomic E-state index is 12.1. The van der Waals surface area contributed by atoms with Crippen LogP contribution in [0.15, 0.2) is 48.9 Å². The van der Waals surface area contributed by atoms with Crippen LogP contribution in [0.3, 0.4) is 0 Å². The average molecular weight is 549 g/mol. The van der Waals surface area contributed by atoms with E-state index in [9.17, 15) is 9.90 Å². The van der Waals surface area contributed by atoms with Crippen LogP contribution in [0.5, 0.6) is 5.88 Å². The number of carboxylic acid groups (broad SMARTS) is 1. The van der Waals surface area contributed by atoms with E-state index in [0.717, 1.165) is 56.7 Å². The standard InChI is InChI=1S/C29H40N8O3/c1-36(2)26-20-25(32-21-33-26)35-24(29(38)39)13-17-37(18-19-40-27-10-3-5-14-30-27)16-6-4-9-23-12-11-22-8-7-15-31-28(22)34-23/h3,5,10-12,14,20-21,24H,4,6-9,13,15-19H2,1-2H3,(H,31,34)(H,38,39)(H,32,33,35)/t24-/m0/s1. The molecule has 0 spiro atoms. The Morgan fingerprint density at radius 1 is 1.12 bits per heavy atom. The van der Waals surface area contributed by atoms with Gasteiger partial charge in [0, 0.05) is 57.8 Å². The van der Waals surface area contributed by atoms with Crippen molar-refractivity contribution in [2.75, 3.05) is 62.4 Å². The number of fused-ring (bicyclic) bond motifs is 1. The third-order valence-electron chi connectivity index (χ3n) is 6.87. The van der Waals surface area contributed by atoms with E-state index in [1.165, 1.54) is 11.9 Å². The SMILES string of the molecule is CN(C)c1cc(N[C@@H](CCN(CCCCc2ccc3c(n2)NCCC3)CCOc2ccccn2)C(=O)O)ncn1. The van der Waals surface area contributed by atoms with Crippen LogP contribution >= 0.6 is 0 Å². The lowest BCUT2D eigenvalue weighted by atomic mass is 10.1. The molecule has 1 aliphatic rings. The lowest BCUT2D eigenvalue weighted by molar-refractivity contribution is -0.138. The smallest absolute Gasteiger partial charge is 0.326 e. The molecule has 0 aromatic carbocycles. The molecule has 0 fully saturated rings. The number of nitrogens with one attached hydrogen (secondary N) is 2. The van der Waals surface area contributed by atoms with Crippen molar-refractivity contribution >= 4 is 23.4 Å². The number of hydrogen-bond acceptors (Lipinski definition) is 10. The first-order valence-electron chi connectivity index (χ1n) is 14.0. The Hall–Kier alpha value is -3.99. The topological polar surface area (TPSA) is 129 Å². The van der Waals surface area contributed by atoms with E-state index in [0.29, 0.717) is 43.6 Å². The molecule has 4 heterocycles. The van der Waals surface area contributed by atoms with Crippen LogP contribution < -0.4 is 20.3 Å². The molecule has 0 bridgehead atoms. The Balaban J connectivity index is 1.31. The largest absolute Gasteiger partial charge is 0.480 e. The summed E-state index contributed by atoms with van der Waals surface area (Å²) in [6, 6.07) is 10.9. The summed E-state index contributed by atoms with van der Waals surface area (Å²) in [4.78, 5) is 33.6. The van der Waals surface area contributed by atoms with E-state index < -0.39 is 12.0 Å². The summed E-state index contributed by atoms with van der Waals surface area (Å²) in [6.45, 7) is 3.56. The Kier molecular flexibility index (Phi) is 10.9. The van der Waals surface area contributed by atoms with Gasteiger partial charge in [-0.15, -0.1) is 0 Å². The van der Waals surface area contributed by atoms with E-state index >= 15 is 0 Å². The average Bonchev–Trinajstić information content (AvgIpc) is 2.97. The minimum atomic E-state index is -0.915. The highest BCUT2D eigenvalue weighted by Crippen LogP contribution is 2.20. The maximum Gasteiger partial charge on any atom is 0.326 e. The lowest BCUT2D eigenvalue weighted by Gasteiger charge is -2.24. The van der Waals surface area contributed by atoms with Gasteiger partial charge in [-0.2, -0.15) is 0 Å². The molecule has 0 aliphatic carbocycles. The third kappa shape index (κ3) is 9.04. The zero-order chi connectivity index (χ0) is 28.2. The van der Waals surface area contributed by atoms with Crippen LogP contribution in [0.2, 0.25) is 0 Å². The number of nitrogens with zero attached hydrogens (tertiary/aromatic N) is 6. The molecule has 11 heteroatoms. The molecule has 1 aliphatic heterocycles. The van der Waals surface area contributed by atoms with E-state index in [4.69, 9.17) is 9.72 Å². The van der Waals surface area contributed by atoms with Gasteiger partial charge < -0.3 is 25.4 Å². The van der Waals surface area contributed by atoms with Crippen LogP contribution in [-0.4, -0.2) is 88.8 Å². The summed E-state index contributed by atoms with van der Waals surface area (Å²) in [5, 5.41) is 16.4. The second kappa shape index (κ2) is 15.0. The molecule has 1 atom stereocenters. The fraction of sp³-hybridized carbons (Fsp3) is 0.483. The quantitative estimate of drug-likeness (QED) is 0.228. The number of aromatic nitrogens is 4. The van der Waals surface area contributed by atoms with Gasteiger partial charge in [-0.3, -0.25) is 4.90 Å². The number of anilines is 3. The summed E-state index contributed by atoms with van der Waals surface area (Å²) in [7, 11) is 3.76. The third-order valence-corrected chi connectivity index (χ3v) is 6.87. The number of aryl methyl sites for hydroxylation is 2. The van der Waals surface area contributed by atoms with E-state index in [-0.39, 0.29) is 0 Å². The van der Waals surface area contributed by atoms with Gasteiger partial charge in [0.1, 0.15) is 36.4 Å². The molecule has 4 rings (SSSR count). The van der Waals surface area contributed by atoms with Crippen molar-refractivity contribution in [2.45, 2.75) is 44.6 Å². The minimum absolute atomic E-state index is 0.415. The number of ether oxygens (including phenoxy) is 1. The van der Waals surface area contributed by atoms with E-state index in [2.05, 4.69) is 42.6 Å². The first kappa shape index (κ1) is 29.0. The summed E-state index contributed by atoms with van der Waals surface area (Å²) in [5.74, 6) is 1.90. The first-order chi connectivity index (χ1) is 19.5. The highest BCUT2D eigenvalue weighted by molar-refractivity contribution is 5.77. The van der Waals surface area contributed by atoms with Gasteiger partial charge in [-0.05, 0) is 62.8 Å². The molecule has 0 unspecified atom stereocenters. The molecule has 3 aromatic heterocycles. The normalized spacial score (nSPS) is 13.3. The van der Waals surface area contributed by atoms with Crippen molar-refractivity contribution in [3.05, 3.63) is 60.2 Å². The fourth-order valence-electron chi connectivity index (χ4n) is 4.61. The number of aliphatic carboxylic acids is 1. The second-order valence-electron chi connectivity index (χ2n) is 10.1. The molecule has 3 aromatic rings. The number of carbonyl (C=O) groups is 1. The summed E-state index contributed by atoms with van der Waals surface area (Å²) in [6.07, 6.45) is 8.68. The van der Waals surface area contributed by atoms with E-state index in [1.54, 1.807) is 12.3 Å². The highest BCUT2D eigenvalue weighted by Gasteiger charge is 2.20. The second-order valence-corrected chi connectivity index (χ2v) is 10.1. The highest BCUT2D eigenvalue weighted by atomic mass is 16.5. The van der Waals surface area contributed by atoms with Crippen LogP contribution in [0.1, 0.15) is 36.9 Å². The number of unbranched alkanes of at least 4 members (excludes halogenated alkanes) is 1. The van der Waals surface area contributed by atoms with Crippen LogP contribution in [-0.2, 0) is 17.6 Å². The van der Waals surface area contributed by atoms with Crippen molar-refractivity contribution in [3.8, 4) is 5.88 Å². The summed E-state index contributed by atoms with van der Waals surface area (Å²) in [5.41, 5.74) is 2.41. The molecule has 0 amide bonds. The summed E-state index contributed by atoms with van der Waals surface area (Å²) >= 11 is 0. The van der Waals surface area contributed by atoms with Crippen LogP contribution in [0.4, 0.5) is 17.5 Å². The van der Waals surface area contributed by atoms with Gasteiger partial charge in [0.2, 0.25) is 5.88 Å². The summed E-state index contributed by atoms with van der Waals surface area (Å²) < 4.78 is 5.83. The van der Waals surface area contributed by atoms with Crippen LogP contribution in [0, 0.1) is 0 Å². The minimum Gasteiger partial charge on any atom is -0.480 e. The molecular weight excluding hydrogens is 508 g/mol. The van der Waals surface area contributed by atoms with Gasteiger partial charge >= 0.3 is 5.97 Å². The van der Waals surface area contributed by atoms with Crippen molar-refractivity contribution in [1.29, 1.82) is 0 Å². The molecule has 0 radical (unpaired) electrons. The molecule has 11 nitrogen and oxygen atoms in total. The number of carboxylic acids is 1. The molecule has 0 saturated carbocycles. The first-order valence-corrected chi connectivity index (χ1v) is 14.0. The Morgan fingerprint density at radius 3 is 2.83 bits per heavy atom. The van der Waals surface area contributed by atoms with E-state index in [1.807, 2.05) is 37.2 Å². The zero-order valence-corrected chi connectivity index (χ0v) is 23.4. The van der Waals surface area contributed by atoms with Gasteiger partial charge in [0.15, 0.2) is 0 Å². The molecule has 3 N–H and O–H groups in total. The number of hydrogen-bond donors (Lipinski definition) is 3. The molecular formula is C29H40N8O3. The van der Waals surface area contributed by atoms with Gasteiger partial charge in [0.25, 0.3) is 0 Å². The predicted molar refractivity (Wildman–Crippen MR) is 156 cm³/mol. The van der Waals surface area contributed by atoms with Crippen molar-refractivity contribution in [2.24, 2.45) is 0 Å². The Morgan fingerprint density at radius 2 is 2.02 bits per heavy atom. The lowest BCUT2D eigenvalue weighted by Crippen LogP contribution is -2.37. The maximum atomic E-state index is 12.1. The molecule has 214 valence electrons. The fourth-order valence-corrected chi connectivity index (χ4v) is 4.61. The van der Waals surface area contributed by atoms with Gasteiger partial charge in [-0.25, -0.2) is 24.7 Å². The Bertz CT molecular complexity index is 1210. The predicted octanol–water partition coefficient (Wildman–Crippen LogP) is 3.35.